The molecule has 2 fully saturated rings. The van der Waals surface area contributed by atoms with Gasteiger partial charge in [0.15, 0.2) is 5.96 Å². The number of hydrogen-bond acceptors (Lipinski definition) is 3. The van der Waals surface area contributed by atoms with Crippen LogP contribution in [0.2, 0.25) is 0 Å². The van der Waals surface area contributed by atoms with Crippen LogP contribution in [-0.2, 0) is 4.79 Å². The Bertz CT molecular complexity index is 448. The van der Waals surface area contributed by atoms with E-state index in [1.165, 1.54) is 38.8 Å². The molecule has 0 saturated carbocycles. The Hall–Kier alpha value is -1.30. The smallest absolute Gasteiger partial charge is 0.222 e. The first-order valence-electron chi connectivity index (χ1n) is 11.2. The van der Waals surface area contributed by atoms with E-state index in [1.807, 2.05) is 4.90 Å². The normalized spacial score (nSPS) is 21.0. The number of nitrogens with zero attached hydrogens (tertiary/aromatic N) is 3. The van der Waals surface area contributed by atoms with E-state index in [9.17, 15) is 4.79 Å². The van der Waals surface area contributed by atoms with Crippen LogP contribution >= 0.6 is 0 Å². The maximum absolute atomic E-state index is 12.1. The van der Waals surface area contributed by atoms with Crippen molar-refractivity contribution >= 4 is 11.9 Å². The number of hydrogen-bond donors (Lipinski definition) is 2. The number of rotatable bonds is 9. The lowest BCUT2D eigenvalue weighted by Crippen LogP contribution is -2.40. The van der Waals surface area contributed by atoms with Crippen LogP contribution in [0.4, 0.5) is 0 Å². The van der Waals surface area contributed by atoms with Crippen LogP contribution in [0, 0.1) is 5.92 Å². The fourth-order valence-electron chi connectivity index (χ4n) is 3.98. The van der Waals surface area contributed by atoms with Crippen LogP contribution in [0.5, 0.6) is 0 Å². The lowest BCUT2D eigenvalue weighted by molar-refractivity contribution is -0.130. The first-order chi connectivity index (χ1) is 13.2. The van der Waals surface area contributed by atoms with Crippen molar-refractivity contribution in [1.29, 1.82) is 0 Å². The van der Waals surface area contributed by atoms with E-state index in [0.717, 1.165) is 70.9 Å². The number of piperidine rings is 1. The van der Waals surface area contributed by atoms with Crippen molar-refractivity contribution in [3.63, 3.8) is 0 Å². The van der Waals surface area contributed by atoms with E-state index in [4.69, 9.17) is 4.99 Å². The van der Waals surface area contributed by atoms with Crippen molar-refractivity contribution in [3.05, 3.63) is 0 Å². The first kappa shape index (κ1) is 22.0. The summed E-state index contributed by atoms with van der Waals surface area (Å²) in [6.07, 6.45) is 9.18. The van der Waals surface area contributed by atoms with Gasteiger partial charge in [0.05, 0.1) is 0 Å². The van der Waals surface area contributed by atoms with Crippen LogP contribution in [0.3, 0.4) is 0 Å². The molecule has 6 heteroatoms. The Balaban J connectivity index is 1.66. The van der Waals surface area contributed by atoms with Crippen LogP contribution in [0.15, 0.2) is 4.99 Å². The van der Waals surface area contributed by atoms with E-state index < -0.39 is 0 Å². The molecule has 27 heavy (non-hydrogen) atoms. The highest BCUT2D eigenvalue weighted by Crippen LogP contribution is 2.12. The molecule has 2 N–H and O–H groups in total. The lowest BCUT2D eigenvalue weighted by atomic mass is 10.1. The molecule has 6 nitrogen and oxygen atoms in total. The van der Waals surface area contributed by atoms with Gasteiger partial charge in [0.25, 0.3) is 0 Å². The molecule has 1 amide bonds. The Labute approximate surface area is 166 Å². The molecular formula is C21H41N5O. The zero-order valence-corrected chi connectivity index (χ0v) is 17.6. The monoisotopic (exact) mass is 379 g/mol. The molecule has 1 atom stereocenters. The molecule has 0 spiro atoms. The van der Waals surface area contributed by atoms with Gasteiger partial charge < -0.3 is 20.4 Å². The predicted molar refractivity (Wildman–Crippen MR) is 113 cm³/mol. The standard InChI is InChI=1S/C21H41N5O/c1-3-22-21(24-17-19(2)18-25-13-7-5-8-14-25)23-12-10-16-26-15-9-4-6-11-20(26)27/h19H,3-18H2,1-2H3,(H2,22,23,24). The van der Waals surface area contributed by atoms with Crippen LogP contribution in [0.25, 0.3) is 0 Å². The van der Waals surface area contributed by atoms with Gasteiger partial charge in [0, 0.05) is 45.7 Å². The summed E-state index contributed by atoms with van der Waals surface area (Å²) in [4.78, 5) is 21.5. The molecule has 2 aliphatic rings. The predicted octanol–water partition coefficient (Wildman–Crippen LogP) is 2.46. The molecule has 0 radical (unpaired) electrons. The summed E-state index contributed by atoms with van der Waals surface area (Å²) in [5.74, 6) is 1.82. The largest absolute Gasteiger partial charge is 0.357 e. The number of carbonyl (C=O) groups is 1. The van der Waals surface area contributed by atoms with Crippen LogP contribution in [0.1, 0.15) is 65.2 Å². The number of aliphatic imine (C=N–C) groups is 1. The molecule has 0 aliphatic carbocycles. The van der Waals surface area contributed by atoms with Gasteiger partial charge in [-0.25, -0.2) is 0 Å². The Kier molecular flexibility index (Phi) is 10.6. The summed E-state index contributed by atoms with van der Waals surface area (Å²) >= 11 is 0. The second kappa shape index (κ2) is 13.0. The minimum absolute atomic E-state index is 0.333. The van der Waals surface area contributed by atoms with Gasteiger partial charge in [-0.2, -0.15) is 0 Å². The van der Waals surface area contributed by atoms with Gasteiger partial charge in [-0.15, -0.1) is 0 Å². The Morgan fingerprint density at radius 1 is 1.07 bits per heavy atom. The van der Waals surface area contributed by atoms with Gasteiger partial charge in [-0.05, 0) is 58.0 Å². The molecule has 1 unspecified atom stereocenters. The van der Waals surface area contributed by atoms with Crippen molar-refractivity contribution in [3.8, 4) is 0 Å². The van der Waals surface area contributed by atoms with Gasteiger partial charge in [-0.3, -0.25) is 9.79 Å². The highest BCUT2D eigenvalue weighted by atomic mass is 16.2. The van der Waals surface area contributed by atoms with E-state index >= 15 is 0 Å². The number of amides is 1. The molecule has 0 aromatic carbocycles. The number of nitrogens with one attached hydrogen (secondary N) is 2. The summed E-state index contributed by atoms with van der Waals surface area (Å²) in [5, 5.41) is 6.78. The topological polar surface area (TPSA) is 60.0 Å². The zero-order chi connectivity index (χ0) is 19.3. The summed E-state index contributed by atoms with van der Waals surface area (Å²) < 4.78 is 0. The quantitative estimate of drug-likeness (QED) is 0.367. The fraction of sp³-hybridized carbons (Fsp3) is 0.905. The Morgan fingerprint density at radius 2 is 1.81 bits per heavy atom. The van der Waals surface area contributed by atoms with E-state index in [0.29, 0.717) is 11.8 Å². The minimum atomic E-state index is 0.333. The van der Waals surface area contributed by atoms with E-state index in [-0.39, 0.29) is 0 Å². The number of guanidine groups is 1. The summed E-state index contributed by atoms with van der Waals surface area (Å²) in [6, 6.07) is 0. The summed E-state index contributed by atoms with van der Waals surface area (Å²) in [7, 11) is 0. The lowest BCUT2D eigenvalue weighted by Gasteiger charge is -2.28. The molecule has 0 aromatic heterocycles. The fourth-order valence-corrected chi connectivity index (χ4v) is 3.98. The van der Waals surface area contributed by atoms with Gasteiger partial charge in [0.2, 0.25) is 5.91 Å². The van der Waals surface area contributed by atoms with E-state index in [1.54, 1.807) is 0 Å². The number of carbonyl (C=O) groups excluding carboxylic acids is 1. The maximum Gasteiger partial charge on any atom is 0.222 e. The van der Waals surface area contributed by atoms with Crippen LogP contribution < -0.4 is 10.6 Å². The average molecular weight is 380 g/mol. The summed E-state index contributed by atoms with van der Waals surface area (Å²) in [5.41, 5.74) is 0. The molecular weight excluding hydrogens is 338 g/mol. The molecule has 0 bridgehead atoms. The van der Waals surface area contributed by atoms with Crippen molar-refractivity contribution in [2.75, 3.05) is 52.4 Å². The van der Waals surface area contributed by atoms with Crippen LogP contribution in [-0.4, -0.2) is 74.0 Å². The van der Waals surface area contributed by atoms with Crippen molar-refractivity contribution < 1.29 is 4.79 Å². The molecule has 2 rings (SSSR count). The van der Waals surface area contributed by atoms with Gasteiger partial charge in [0.1, 0.15) is 0 Å². The molecule has 156 valence electrons. The van der Waals surface area contributed by atoms with Crippen molar-refractivity contribution in [2.24, 2.45) is 10.9 Å². The molecule has 2 aliphatic heterocycles. The zero-order valence-electron chi connectivity index (χ0n) is 17.6. The van der Waals surface area contributed by atoms with Gasteiger partial charge in [-0.1, -0.05) is 19.8 Å². The van der Waals surface area contributed by atoms with E-state index in [2.05, 4.69) is 29.4 Å². The average Bonchev–Trinajstić information content (AvgIpc) is 2.88. The third-order valence-corrected chi connectivity index (χ3v) is 5.49. The molecule has 0 aromatic rings. The third-order valence-electron chi connectivity index (χ3n) is 5.49. The van der Waals surface area contributed by atoms with Crippen molar-refractivity contribution in [1.82, 2.24) is 20.4 Å². The summed E-state index contributed by atoms with van der Waals surface area (Å²) in [6.45, 7) is 12.4. The molecule has 2 heterocycles. The number of likely N-dealkylation sites (tertiary alicyclic amines) is 2. The second-order valence-corrected chi connectivity index (χ2v) is 8.16. The molecule has 2 saturated heterocycles. The minimum Gasteiger partial charge on any atom is -0.357 e. The SMILES string of the molecule is CCNC(=NCC(C)CN1CCCCC1)NCCCN1CCCCCC1=O. The van der Waals surface area contributed by atoms with Gasteiger partial charge >= 0.3 is 0 Å². The third kappa shape index (κ3) is 8.96. The highest BCUT2D eigenvalue weighted by molar-refractivity contribution is 5.79. The maximum atomic E-state index is 12.1. The second-order valence-electron chi connectivity index (χ2n) is 8.16. The highest BCUT2D eigenvalue weighted by Gasteiger charge is 2.16. The first-order valence-corrected chi connectivity index (χ1v) is 11.2. The van der Waals surface area contributed by atoms with Crippen molar-refractivity contribution in [2.45, 2.75) is 65.2 Å². The Morgan fingerprint density at radius 3 is 2.59 bits per heavy atom.